The van der Waals surface area contributed by atoms with Gasteiger partial charge in [0.05, 0.1) is 17.1 Å². The molecule has 4 nitrogen and oxygen atoms in total. The van der Waals surface area contributed by atoms with Crippen molar-refractivity contribution in [2.24, 2.45) is 0 Å². The number of hydrogen-bond donors (Lipinski definition) is 0. The molecule has 0 bridgehead atoms. The zero-order valence-corrected chi connectivity index (χ0v) is 27.0. The van der Waals surface area contributed by atoms with Crippen LogP contribution in [0.2, 0.25) is 0 Å². The van der Waals surface area contributed by atoms with Crippen molar-refractivity contribution in [1.29, 1.82) is 0 Å². The fraction of sp³-hybridized carbons (Fsp3) is 0.250. The quantitative estimate of drug-likeness (QED) is 0.180. The highest BCUT2D eigenvalue weighted by atomic mass is 15.1. The van der Waals surface area contributed by atoms with Crippen molar-refractivity contribution in [1.82, 2.24) is 19.1 Å². The van der Waals surface area contributed by atoms with Gasteiger partial charge in [-0.3, -0.25) is 4.57 Å². The Morgan fingerprint density at radius 1 is 0.659 bits per heavy atom. The topological polar surface area (TPSA) is 35.6 Å². The van der Waals surface area contributed by atoms with Crippen LogP contribution in [0.15, 0.2) is 104 Å². The van der Waals surface area contributed by atoms with E-state index in [1.807, 2.05) is 6.20 Å². The SMILES string of the molecule is Cc1cc(C(C)C)c(-n2cc(-c3ccccc3)nc2Cc2cccc(-c3nccn3-c3c(C)cccc3C)c2)c(C(C)C)c1. The van der Waals surface area contributed by atoms with Gasteiger partial charge in [0.15, 0.2) is 0 Å². The van der Waals surface area contributed by atoms with Crippen molar-refractivity contribution >= 4 is 0 Å². The van der Waals surface area contributed by atoms with Gasteiger partial charge in [0.25, 0.3) is 0 Å². The zero-order valence-electron chi connectivity index (χ0n) is 27.0. The van der Waals surface area contributed by atoms with Crippen molar-refractivity contribution in [2.75, 3.05) is 0 Å². The Labute approximate surface area is 262 Å². The minimum absolute atomic E-state index is 0.380. The number of hydrogen-bond acceptors (Lipinski definition) is 2. The number of aryl methyl sites for hydroxylation is 3. The van der Waals surface area contributed by atoms with Crippen LogP contribution in [-0.2, 0) is 6.42 Å². The van der Waals surface area contributed by atoms with Crippen molar-refractivity contribution in [2.45, 2.75) is 66.7 Å². The maximum absolute atomic E-state index is 5.30. The lowest BCUT2D eigenvalue weighted by atomic mass is 9.90. The molecule has 0 unspecified atom stereocenters. The maximum Gasteiger partial charge on any atom is 0.144 e. The first-order valence-electron chi connectivity index (χ1n) is 15.7. The minimum Gasteiger partial charge on any atom is -0.302 e. The van der Waals surface area contributed by atoms with Gasteiger partial charge in [-0.2, -0.15) is 0 Å². The van der Waals surface area contributed by atoms with Gasteiger partial charge in [-0.1, -0.05) is 112 Å². The van der Waals surface area contributed by atoms with E-state index in [9.17, 15) is 0 Å². The van der Waals surface area contributed by atoms with Crippen molar-refractivity contribution < 1.29 is 0 Å². The number of aromatic nitrogens is 4. The van der Waals surface area contributed by atoms with Gasteiger partial charge >= 0.3 is 0 Å². The second-order valence-electron chi connectivity index (χ2n) is 12.6. The van der Waals surface area contributed by atoms with Gasteiger partial charge in [-0.05, 0) is 66.5 Å². The third kappa shape index (κ3) is 5.65. The Balaban J connectivity index is 1.48. The molecule has 0 saturated carbocycles. The maximum atomic E-state index is 5.30. The highest BCUT2D eigenvalue weighted by Gasteiger charge is 2.21. The monoisotopic (exact) mass is 578 g/mol. The summed E-state index contributed by atoms with van der Waals surface area (Å²) in [6, 6.07) is 30.4. The highest BCUT2D eigenvalue weighted by Crippen LogP contribution is 2.35. The van der Waals surface area contributed by atoms with Crippen LogP contribution in [0.25, 0.3) is 34.0 Å². The predicted molar refractivity (Wildman–Crippen MR) is 183 cm³/mol. The van der Waals surface area contributed by atoms with E-state index < -0.39 is 0 Å². The zero-order chi connectivity index (χ0) is 31.0. The van der Waals surface area contributed by atoms with Crippen LogP contribution in [0, 0.1) is 20.8 Å². The summed E-state index contributed by atoms with van der Waals surface area (Å²) >= 11 is 0. The summed E-state index contributed by atoms with van der Waals surface area (Å²) in [4.78, 5) is 10.1. The molecule has 0 radical (unpaired) electrons. The van der Waals surface area contributed by atoms with Crippen LogP contribution < -0.4 is 0 Å². The van der Waals surface area contributed by atoms with E-state index in [1.54, 1.807) is 0 Å². The summed E-state index contributed by atoms with van der Waals surface area (Å²) in [5, 5.41) is 0. The molecular weight excluding hydrogens is 536 g/mol. The Bertz CT molecular complexity index is 1870. The summed E-state index contributed by atoms with van der Waals surface area (Å²) in [5.41, 5.74) is 13.4. The molecule has 222 valence electrons. The van der Waals surface area contributed by atoms with Crippen LogP contribution in [0.4, 0.5) is 0 Å². The van der Waals surface area contributed by atoms with Crippen LogP contribution >= 0.6 is 0 Å². The summed E-state index contributed by atoms with van der Waals surface area (Å²) in [5.74, 6) is 2.74. The Morgan fingerprint density at radius 3 is 1.95 bits per heavy atom. The van der Waals surface area contributed by atoms with Crippen molar-refractivity contribution in [3.05, 3.63) is 143 Å². The molecule has 6 rings (SSSR count). The molecule has 0 aliphatic heterocycles. The standard InChI is InChI=1S/C40H42N4/c1-26(2)34-21-28(5)22-35(27(3)4)39(34)44-25-36(32-16-9-8-10-17-32)42-37(44)24-31-15-12-18-33(23-31)40-41-19-20-43(40)38-29(6)13-11-14-30(38)7/h8-23,25-27H,24H2,1-7H3. The van der Waals surface area contributed by atoms with E-state index in [1.165, 1.54) is 44.8 Å². The Kier molecular flexibility index (Phi) is 8.09. The average Bonchev–Trinajstić information content (AvgIpc) is 3.65. The molecule has 0 aliphatic carbocycles. The fourth-order valence-corrected chi connectivity index (χ4v) is 6.36. The minimum atomic E-state index is 0.380. The first kappa shape index (κ1) is 29.4. The van der Waals surface area contributed by atoms with E-state index in [-0.39, 0.29) is 0 Å². The molecule has 0 saturated heterocycles. The summed E-state index contributed by atoms with van der Waals surface area (Å²) < 4.78 is 4.59. The molecule has 0 N–H and O–H groups in total. The van der Waals surface area contributed by atoms with Crippen LogP contribution in [0.1, 0.15) is 78.7 Å². The second kappa shape index (κ2) is 12.1. The van der Waals surface area contributed by atoms with E-state index in [0.29, 0.717) is 18.3 Å². The summed E-state index contributed by atoms with van der Waals surface area (Å²) in [6.07, 6.45) is 6.90. The summed E-state index contributed by atoms with van der Waals surface area (Å²) in [6.45, 7) is 15.7. The van der Waals surface area contributed by atoms with Gasteiger partial charge in [-0.25, -0.2) is 9.97 Å². The Morgan fingerprint density at radius 2 is 1.30 bits per heavy atom. The molecule has 4 aromatic carbocycles. The first-order valence-corrected chi connectivity index (χ1v) is 15.7. The third-order valence-corrected chi connectivity index (χ3v) is 8.52. The number of para-hydroxylation sites is 1. The molecule has 6 aromatic rings. The molecule has 2 heterocycles. The summed E-state index contributed by atoms with van der Waals surface area (Å²) in [7, 11) is 0. The van der Waals surface area contributed by atoms with Gasteiger partial charge in [-0.15, -0.1) is 0 Å². The van der Waals surface area contributed by atoms with Gasteiger partial charge in [0.2, 0.25) is 0 Å². The number of rotatable bonds is 8. The van der Waals surface area contributed by atoms with E-state index >= 15 is 0 Å². The molecule has 44 heavy (non-hydrogen) atoms. The lowest BCUT2D eigenvalue weighted by Gasteiger charge is -2.23. The van der Waals surface area contributed by atoms with E-state index in [4.69, 9.17) is 9.97 Å². The first-order chi connectivity index (χ1) is 21.2. The molecular formula is C40H42N4. The third-order valence-electron chi connectivity index (χ3n) is 8.52. The lowest BCUT2D eigenvalue weighted by Crippen LogP contribution is -2.10. The number of imidazole rings is 2. The molecule has 2 aromatic heterocycles. The lowest BCUT2D eigenvalue weighted by molar-refractivity contribution is 0.787. The average molecular weight is 579 g/mol. The highest BCUT2D eigenvalue weighted by molar-refractivity contribution is 5.64. The molecule has 0 amide bonds. The smallest absolute Gasteiger partial charge is 0.144 e. The fourth-order valence-electron chi connectivity index (χ4n) is 6.36. The van der Waals surface area contributed by atoms with Gasteiger partial charge in [0, 0.05) is 36.1 Å². The molecule has 0 spiro atoms. The van der Waals surface area contributed by atoms with Crippen molar-refractivity contribution in [3.63, 3.8) is 0 Å². The normalized spacial score (nSPS) is 11.6. The van der Waals surface area contributed by atoms with Crippen LogP contribution in [0.3, 0.4) is 0 Å². The predicted octanol–water partition coefficient (Wildman–Crippen LogP) is 10.2. The van der Waals surface area contributed by atoms with Crippen LogP contribution in [-0.4, -0.2) is 19.1 Å². The van der Waals surface area contributed by atoms with Crippen LogP contribution in [0.5, 0.6) is 0 Å². The Hall–Kier alpha value is -4.70. The number of benzene rings is 4. The van der Waals surface area contributed by atoms with E-state index in [0.717, 1.165) is 28.5 Å². The molecule has 0 fully saturated rings. The van der Waals surface area contributed by atoms with Gasteiger partial charge < -0.3 is 4.57 Å². The van der Waals surface area contributed by atoms with E-state index in [2.05, 4.69) is 155 Å². The molecule has 4 heteroatoms. The molecule has 0 atom stereocenters. The second-order valence-corrected chi connectivity index (χ2v) is 12.6. The largest absolute Gasteiger partial charge is 0.302 e. The number of nitrogens with zero attached hydrogens (tertiary/aromatic N) is 4. The molecule has 0 aliphatic rings. The van der Waals surface area contributed by atoms with Gasteiger partial charge in [0.1, 0.15) is 11.6 Å². The van der Waals surface area contributed by atoms with Crippen molar-refractivity contribution in [3.8, 4) is 34.0 Å².